The number of H-pyrrole nitrogens is 1. The smallest absolute Gasteiger partial charge is 0.100 e. The van der Waals surface area contributed by atoms with Gasteiger partial charge in [0.1, 0.15) is 4.83 Å². The van der Waals surface area contributed by atoms with Gasteiger partial charge >= 0.3 is 0 Å². The molecule has 2 heteroatoms. The summed E-state index contributed by atoms with van der Waals surface area (Å²) in [5.74, 6) is 0. The summed E-state index contributed by atoms with van der Waals surface area (Å²) in [5, 5.41) is 1.35. The first-order valence-electron chi connectivity index (χ1n) is 3.31. The Hall–Kier alpha value is -0.760. The van der Waals surface area contributed by atoms with Gasteiger partial charge in [-0.3, -0.25) is 0 Å². The van der Waals surface area contributed by atoms with E-state index in [-0.39, 0.29) is 0 Å². The largest absolute Gasteiger partial charge is 0.350 e. The summed E-state index contributed by atoms with van der Waals surface area (Å²) >= 11 is 1.82. The molecule has 0 saturated heterocycles. The molecule has 0 amide bonds. The summed E-state index contributed by atoms with van der Waals surface area (Å²) in [6, 6.07) is 4.39. The average Bonchev–Trinajstić information content (AvgIpc) is 2.21. The van der Waals surface area contributed by atoms with Gasteiger partial charge < -0.3 is 4.98 Å². The number of nitrogens with one attached hydrogen (secondary N) is 1. The van der Waals surface area contributed by atoms with Crippen LogP contribution in [0.4, 0.5) is 0 Å². The normalized spacial score (nSPS) is 11.0. The highest BCUT2D eigenvalue weighted by Crippen LogP contribution is 2.24. The number of fused-ring (bicyclic) bond motifs is 1. The van der Waals surface area contributed by atoms with Crippen LogP contribution in [0.2, 0.25) is 0 Å². The predicted octanol–water partition coefficient (Wildman–Crippen LogP) is 2.85. The molecule has 0 atom stereocenters. The number of aromatic amines is 1. The van der Waals surface area contributed by atoms with Gasteiger partial charge in [0.25, 0.3) is 0 Å². The summed E-state index contributed by atoms with van der Waals surface area (Å²) in [5.41, 5.74) is 1.25. The van der Waals surface area contributed by atoms with Crippen LogP contribution in [0.5, 0.6) is 0 Å². The fraction of sp³-hybridized carbons (Fsp3) is 0.250. The van der Waals surface area contributed by atoms with Gasteiger partial charge in [0.2, 0.25) is 0 Å². The summed E-state index contributed by atoms with van der Waals surface area (Å²) in [7, 11) is 0. The van der Waals surface area contributed by atoms with Crippen molar-refractivity contribution in [3.63, 3.8) is 0 Å². The van der Waals surface area contributed by atoms with E-state index in [1.807, 2.05) is 11.3 Å². The monoisotopic (exact) mass is 151 g/mol. The van der Waals surface area contributed by atoms with E-state index >= 15 is 0 Å². The van der Waals surface area contributed by atoms with Crippen LogP contribution in [0, 0.1) is 13.8 Å². The molecule has 1 nitrogen and oxygen atoms in total. The quantitative estimate of drug-likeness (QED) is 0.596. The molecule has 0 aromatic carbocycles. The van der Waals surface area contributed by atoms with E-state index < -0.39 is 0 Å². The zero-order valence-electron chi connectivity index (χ0n) is 6.06. The van der Waals surface area contributed by atoms with Gasteiger partial charge in [-0.2, -0.15) is 0 Å². The van der Waals surface area contributed by atoms with E-state index in [4.69, 9.17) is 0 Å². The van der Waals surface area contributed by atoms with Crippen molar-refractivity contribution in [2.75, 3.05) is 0 Å². The van der Waals surface area contributed by atoms with Crippen molar-refractivity contribution < 1.29 is 0 Å². The minimum Gasteiger partial charge on any atom is -0.350 e. The number of rotatable bonds is 0. The number of aryl methyl sites for hydroxylation is 2. The Kier molecular flexibility index (Phi) is 1.11. The molecule has 0 aliphatic carbocycles. The standard InChI is InChI=1S/C8H9NS/c1-5-3-7-4-6(2)10-8(7)9-5/h3-4,9H,1-2H3. The SMILES string of the molecule is Cc1cc2cc(C)sc2[nH]1. The van der Waals surface area contributed by atoms with Gasteiger partial charge in [0.15, 0.2) is 0 Å². The van der Waals surface area contributed by atoms with Crippen LogP contribution in [-0.2, 0) is 0 Å². The van der Waals surface area contributed by atoms with E-state index in [9.17, 15) is 0 Å². The lowest BCUT2D eigenvalue weighted by molar-refractivity contribution is 1.31. The summed E-state index contributed by atoms with van der Waals surface area (Å²) in [6.45, 7) is 4.22. The maximum absolute atomic E-state index is 3.30. The van der Waals surface area contributed by atoms with Gasteiger partial charge in [-0.1, -0.05) is 0 Å². The van der Waals surface area contributed by atoms with Crippen LogP contribution in [-0.4, -0.2) is 4.98 Å². The van der Waals surface area contributed by atoms with Crippen LogP contribution in [0.25, 0.3) is 10.2 Å². The Morgan fingerprint density at radius 2 is 2.10 bits per heavy atom. The van der Waals surface area contributed by atoms with Crippen LogP contribution >= 0.6 is 11.3 Å². The third-order valence-corrected chi connectivity index (χ3v) is 2.55. The van der Waals surface area contributed by atoms with Crippen LogP contribution in [0.1, 0.15) is 10.6 Å². The molecule has 10 heavy (non-hydrogen) atoms. The fourth-order valence-electron chi connectivity index (χ4n) is 1.19. The number of hydrogen-bond donors (Lipinski definition) is 1. The van der Waals surface area contributed by atoms with Crippen molar-refractivity contribution in [2.24, 2.45) is 0 Å². The maximum Gasteiger partial charge on any atom is 0.100 e. The molecule has 2 aromatic rings. The van der Waals surface area contributed by atoms with Gasteiger partial charge in [-0.05, 0) is 26.0 Å². The van der Waals surface area contributed by atoms with E-state index in [0.717, 1.165) is 0 Å². The molecule has 0 fully saturated rings. The zero-order valence-corrected chi connectivity index (χ0v) is 6.88. The lowest BCUT2D eigenvalue weighted by atomic mass is 10.3. The molecule has 1 N–H and O–H groups in total. The molecule has 0 bridgehead atoms. The zero-order chi connectivity index (χ0) is 7.14. The van der Waals surface area contributed by atoms with Crippen molar-refractivity contribution in [2.45, 2.75) is 13.8 Å². The maximum atomic E-state index is 3.30. The first kappa shape index (κ1) is 5.98. The topological polar surface area (TPSA) is 15.8 Å². The Morgan fingerprint density at radius 1 is 1.30 bits per heavy atom. The summed E-state index contributed by atoms with van der Waals surface area (Å²) in [6.07, 6.45) is 0. The minimum atomic E-state index is 1.25. The molecule has 0 aliphatic heterocycles. The highest BCUT2D eigenvalue weighted by molar-refractivity contribution is 7.18. The van der Waals surface area contributed by atoms with Crippen molar-refractivity contribution in [1.82, 2.24) is 4.98 Å². The van der Waals surface area contributed by atoms with E-state index in [1.54, 1.807) is 0 Å². The molecule has 0 radical (unpaired) electrons. The molecule has 0 aliphatic rings. The van der Waals surface area contributed by atoms with E-state index in [0.29, 0.717) is 0 Å². The summed E-state index contributed by atoms with van der Waals surface area (Å²) in [4.78, 5) is 5.97. The van der Waals surface area contributed by atoms with Crippen molar-refractivity contribution in [1.29, 1.82) is 0 Å². The molecule has 2 heterocycles. The average molecular weight is 151 g/mol. The third-order valence-electron chi connectivity index (χ3n) is 1.57. The van der Waals surface area contributed by atoms with Crippen LogP contribution in [0.3, 0.4) is 0 Å². The second-order valence-electron chi connectivity index (χ2n) is 2.59. The molecule has 0 spiro atoms. The highest BCUT2D eigenvalue weighted by Gasteiger charge is 1.99. The van der Waals surface area contributed by atoms with Crippen molar-refractivity contribution in [3.8, 4) is 0 Å². The molecule has 2 aromatic heterocycles. The Morgan fingerprint density at radius 3 is 2.80 bits per heavy atom. The van der Waals surface area contributed by atoms with Crippen molar-refractivity contribution >= 4 is 21.6 Å². The Labute approximate surface area is 63.7 Å². The minimum absolute atomic E-state index is 1.25. The van der Waals surface area contributed by atoms with Gasteiger partial charge in [-0.25, -0.2) is 0 Å². The summed E-state index contributed by atoms with van der Waals surface area (Å²) < 4.78 is 0. The number of aromatic nitrogens is 1. The predicted molar refractivity (Wildman–Crippen MR) is 45.6 cm³/mol. The Balaban J connectivity index is 2.83. The van der Waals surface area contributed by atoms with E-state index in [1.165, 1.54) is 20.8 Å². The first-order valence-corrected chi connectivity index (χ1v) is 4.13. The first-order chi connectivity index (χ1) is 4.75. The van der Waals surface area contributed by atoms with Gasteiger partial charge in [0.05, 0.1) is 0 Å². The molecule has 52 valence electrons. The second-order valence-corrected chi connectivity index (χ2v) is 3.85. The van der Waals surface area contributed by atoms with Crippen LogP contribution in [0.15, 0.2) is 12.1 Å². The fourth-order valence-corrected chi connectivity index (χ4v) is 2.14. The molecular weight excluding hydrogens is 142 g/mol. The molecule has 0 saturated carbocycles. The third kappa shape index (κ3) is 0.762. The number of hydrogen-bond acceptors (Lipinski definition) is 1. The molecular formula is C8H9NS. The highest BCUT2D eigenvalue weighted by atomic mass is 32.1. The lowest BCUT2D eigenvalue weighted by Crippen LogP contribution is -1.62. The lowest BCUT2D eigenvalue weighted by Gasteiger charge is -1.77. The molecule has 0 unspecified atom stereocenters. The van der Waals surface area contributed by atoms with Gasteiger partial charge in [0, 0.05) is 16.0 Å². The molecule has 2 rings (SSSR count). The van der Waals surface area contributed by atoms with Crippen LogP contribution < -0.4 is 0 Å². The number of thiophene rings is 1. The van der Waals surface area contributed by atoms with E-state index in [2.05, 4.69) is 31.0 Å². The van der Waals surface area contributed by atoms with Crippen molar-refractivity contribution in [3.05, 3.63) is 22.7 Å². The van der Waals surface area contributed by atoms with Gasteiger partial charge in [-0.15, -0.1) is 11.3 Å². The second kappa shape index (κ2) is 1.86. The Bertz CT molecular complexity index is 293.